The van der Waals surface area contributed by atoms with Crippen molar-refractivity contribution >= 4 is 39.5 Å². The predicted molar refractivity (Wildman–Crippen MR) is 136 cm³/mol. The molecule has 2 aliphatic rings. The van der Waals surface area contributed by atoms with E-state index in [0.29, 0.717) is 16.9 Å². The van der Waals surface area contributed by atoms with E-state index in [2.05, 4.69) is 30.2 Å². The molecule has 0 amide bonds. The van der Waals surface area contributed by atoms with Gasteiger partial charge in [0.15, 0.2) is 28.7 Å². The number of nitrogens with zero attached hydrogens (tertiary/aromatic N) is 5. The smallest absolute Gasteiger partial charge is 0.253 e. The number of aromatic nitrogens is 4. The first-order chi connectivity index (χ1) is 18.6. The van der Waals surface area contributed by atoms with Crippen LogP contribution in [0.5, 0.6) is 5.88 Å². The fourth-order valence-corrected chi connectivity index (χ4v) is 6.35. The van der Waals surface area contributed by atoms with Gasteiger partial charge in [-0.05, 0) is 32.4 Å². The van der Waals surface area contributed by atoms with Crippen LogP contribution >= 0.6 is 11.8 Å². The van der Waals surface area contributed by atoms with Gasteiger partial charge >= 0.3 is 0 Å². The molecule has 1 aromatic carbocycles. The molecule has 1 aliphatic carbocycles. The number of halogens is 4. The molecular weight excluding hydrogens is 538 g/mol. The molecule has 4 aromatic rings. The third-order valence-electron chi connectivity index (χ3n) is 7.01. The van der Waals surface area contributed by atoms with Gasteiger partial charge in [0.05, 0.1) is 28.2 Å². The van der Waals surface area contributed by atoms with E-state index >= 15 is 4.39 Å². The molecule has 6 rings (SSSR count). The maximum absolute atomic E-state index is 15.1. The van der Waals surface area contributed by atoms with Gasteiger partial charge in [-0.2, -0.15) is 0 Å². The van der Waals surface area contributed by atoms with Gasteiger partial charge in [-0.25, -0.2) is 37.5 Å². The Morgan fingerprint density at radius 1 is 1.21 bits per heavy atom. The molecule has 1 fully saturated rings. The maximum atomic E-state index is 15.1. The highest BCUT2D eigenvalue weighted by atomic mass is 32.2. The molecule has 39 heavy (non-hydrogen) atoms. The Morgan fingerprint density at radius 2 is 2.03 bits per heavy atom. The fraction of sp³-hybridized carbons (Fsp3) is 0.320. The van der Waals surface area contributed by atoms with Crippen LogP contribution in [0.4, 0.5) is 29.1 Å². The van der Waals surface area contributed by atoms with E-state index in [0.717, 1.165) is 17.8 Å². The minimum absolute atomic E-state index is 0.0776. The minimum Gasteiger partial charge on any atom is -0.464 e. The van der Waals surface area contributed by atoms with Crippen LogP contribution in [-0.2, 0) is 5.54 Å². The van der Waals surface area contributed by atoms with E-state index in [1.807, 2.05) is 0 Å². The van der Waals surface area contributed by atoms with Crippen molar-refractivity contribution in [1.82, 2.24) is 19.9 Å². The second kappa shape index (κ2) is 9.07. The Kier molecular flexibility index (Phi) is 5.90. The molecule has 4 heterocycles. The second-order valence-corrected chi connectivity index (χ2v) is 10.9. The minimum atomic E-state index is -2.69. The number of hydrogen-bond donors (Lipinski definition) is 2. The van der Waals surface area contributed by atoms with E-state index in [1.54, 1.807) is 13.0 Å². The lowest BCUT2D eigenvalue weighted by Gasteiger charge is -2.34. The highest BCUT2D eigenvalue weighted by Gasteiger charge is 2.71. The zero-order chi connectivity index (χ0) is 27.5. The number of nitrogens with two attached hydrogens (primary N) is 1. The zero-order valence-electron chi connectivity index (χ0n) is 20.5. The number of ether oxygens (including phenoxy) is 1. The van der Waals surface area contributed by atoms with Crippen molar-refractivity contribution in [2.24, 2.45) is 16.6 Å². The first kappa shape index (κ1) is 25.3. The number of hydrogen-bond acceptors (Lipinski definition) is 10. The van der Waals surface area contributed by atoms with Crippen molar-refractivity contribution in [3.8, 4) is 5.88 Å². The lowest BCUT2D eigenvalue weighted by molar-refractivity contribution is 0.123. The summed E-state index contributed by atoms with van der Waals surface area (Å²) in [5, 5.41) is 2.86. The first-order valence-corrected chi connectivity index (χ1v) is 12.7. The quantitative estimate of drug-likeness (QED) is 0.284. The number of amidine groups is 1. The van der Waals surface area contributed by atoms with Gasteiger partial charge in [-0.1, -0.05) is 11.8 Å². The molecule has 3 aromatic heterocycles. The van der Waals surface area contributed by atoms with Crippen molar-refractivity contribution in [3.05, 3.63) is 66.1 Å². The SMILES string of the molecule is C[C@@H](Oc1cnc2c(Nc3cc(F)c(F)c([C@]4(C)N=C(N)S[C@@]5(C(F)F)C[C@@H]45)c3)nccc2n1)c1ncco1. The standard InChI is InChI=1S/C25H21F4N7O2S/c1-11(21-32-5-6-37-21)38-17-10-33-19-15(35-17)3-4-31-20(19)34-12-7-13(18(27)14(26)8-12)24(2)16-9-25(16,22(28)29)39-23(30)36-24/h3-8,10-11,16,22H,9H2,1-2H3,(H2,30,36)(H,31,34)/t11-,16+,24+,25+/m1/s1. The van der Waals surface area contributed by atoms with Crippen molar-refractivity contribution in [2.45, 2.75) is 43.1 Å². The van der Waals surface area contributed by atoms with Crippen molar-refractivity contribution in [3.63, 3.8) is 0 Å². The fourth-order valence-electron chi connectivity index (χ4n) is 5.02. The summed E-state index contributed by atoms with van der Waals surface area (Å²) < 4.78 is 67.3. The van der Waals surface area contributed by atoms with E-state index in [1.165, 1.54) is 37.8 Å². The van der Waals surface area contributed by atoms with Crippen LogP contribution < -0.4 is 15.8 Å². The molecule has 202 valence electrons. The van der Waals surface area contributed by atoms with Crippen LogP contribution in [0.2, 0.25) is 0 Å². The zero-order valence-corrected chi connectivity index (χ0v) is 21.3. The van der Waals surface area contributed by atoms with Gasteiger partial charge in [-0.15, -0.1) is 0 Å². The van der Waals surface area contributed by atoms with Gasteiger partial charge in [0.2, 0.25) is 11.8 Å². The Labute approximate surface area is 223 Å². The number of rotatable bonds is 7. The average molecular weight is 560 g/mol. The van der Waals surface area contributed by atoms with Crippen LogP contribution in [0.3, 0.4) is 0 Å². The number of aliphatic imine (C=N–C) groups is 1. The topological polar surface area (TPSA) is 124 Å². The number of fused-ring (bicyclic) bond motifs is 2. The number of anilines is 2. The number of nitrogens with one attached hydrogen (secondary N) is 1. The summed E-state index contributed by atoms with van der Waals surface area (Å²) in [5.74, 6) is -2.26. The molecule has 0 bridgehead atoms. The Bertz CT molecular complexity index is 1610. The van der Waals surface area contributed by atoms with E-state index < -0.39 is 40.4 Å². The third kappa shape index (κ3) is 4.22. The second-order valence-electron chi connectivity index (χ2n) is 9.52. The molecule has 4 atom stereocenters. The van der Waals surface area contributed by atoms with E-state index in [-0.39, 0.29) is 34.5 Å². The van der Waals surface area contributed by atoms with Crippen molar-refractivity contribution in [2.75, 3.05) is 5.32 Å². The lowest BCUT2D eigenvalue weighted by Crippen LogP contribution is -2.39. The highest BCUT2D eigenvalue weighted by molar-refractivity contribution is 8.15. The highest BCUT2D eigenvalue weighted by Crippen LogP contribution is 2.68. The summed E-state index contributed by atoms with van der Waals surface area (Å²) in [6.45, 7) is 3.24. The summed E-state index contributed by atoms with van der Waals surface area (Å²) in [6, 6.07) is 3.90. The largest absolute Gasteiger partial charge is 0.464 e. The summed E-state index contributed by atoms with van der Waals surface area (Å²) in [5.41, 5.74) is 5.09. The predicted octanol–water partition coefficient (Wildman–Crippen LogP) is 5.48. The number of thioether (sulfide) groups is 1. The van der Waals surface area contributed by atoms with Gasteiger partial charge < -0.3 is 20.2 Å². The summed E-state index contributed by atoms with van der Waals surface area (Å²) >= 11 is 0.792. The molecule has 0 unspecified atom stereocenters. The maximum Gasteiger partial charge on any atom is 0.253 e. The molecule has 0 saturated heterocycles. The summed E-state index contributed by atoms with van der Waals surface area (Å²) in [4.78, 5) is 21.4. The third-order valence-corrected chi connectivity index (χ3v) is 8.32. The Morgan fingerprint density at radius 3 is 2.77 bits per heavy atom. The number of alkyl halides is 2. The van der Waals surface area contributed by atoms with Gasteiger partial charge in [0.1, 0.15) is 11.8 Å². The first-order valence-electron chi connectivity index (χ1n) is 11.9. The van der Waals surface area contributed by atoms with Crippen LogP contribution in [0, 0.1) is 17.6 Å². The molecule has 1 aliphatic heterocycles. The van der Waals surface area contributed by atoms with Crippen LogP contribution in [0.15, 0.2) is 52.5 Å². The van der Waals surface area contributed by atoms with Crippen LogP contribution in [0.1, 0.15) is 37.8 Å². The van der Waals surface area contributed by atoms with Crippen LogP contribution in [0.25, 0.3) is 11.0 Å². The molecule has 1 saturated carbocycles. The Hall–Kier alpha value is -3.94. The van der Waals surface area contributed by atoms with Gasteiger partial charge in [0, 0.05) is 29.4 Å². The van der Waals surface area contributed by atoms with Crippen molar-refractivity contribution < 1.29 is 26.7 Å². The molecule has 0 spiro atoms. The molecular formula is C25H21F4N7O2S. The van der Waals surface area contributed by atoms with Gasteiger partial charge in [0.25, 0.3) is 6.43 Å². The number of benzene rings is 1. The average Bonchev–Trinajstić information content (AvgIpc) is 3.40. The number of pyridine rings is 1. The number of oxazole rings is 1. The Balaban J connectivity index is 1.32. The summed E-state index contributed by atoms with van der Waals surface area (Å²) in [7, 11) is 0. The molecule has 3 N–H and O–H groups in total. The monoisotopic (exact) mass is 559 g/mol. The summed E-state index contributed by atoms with van der Waals surface area (Å²) in [6.07, 6.45) is 2.66. The molecule has 0 radical (unpaired) electrons. The molecule has 14 heteroatoms. The van der Waals surface area contributed by atoms with Crippen LogP contribution in [-0.4, -0.2) is 36.3 Å². The van der Waals surface area contributed by atoms with Crippen molar-refractivity contribution in [1.29, 1.82) is 0 Å². The lowest BCUT2D eigenvalue weighted by atomic mass is 9.85. The van der Waals surface area contributed by atoms with E-state index in [4.69, 9.17) is 14.9 Å². The van der Waals surface area contributed by atoms with Gasteiger partial charge in [-0.3, -0.25) is 4.99 Å². The normalized spacial score (nSPS) is 24.8. The molecule has 9 nitrogen and oxygen atoms in total. The van der Waals surface area contributed by atoms with E-state index in [9.17, 15) is 13.2 Å².